The van der Waals surface area contributed by atoms with Crippen LogP contribution in [0, 0.1) is 5.92 Å². The first-order valence-electron chi connectivity index (χ1n) is 11.6. The van der Waals surface area contributed by atoms with E-state index in [9.17, 15) is 4.79 Å². The SMILES string of the molecule is CCC(=O)NC(c1nnc2n1CCN(Cc1ccc(-c3ccccc3)cc1)CC2)C(C)C. The van der Waals surface area contributed by atoms with Gasteiger partial charge in [0.05, 0.1) is 6.04 Å². The van der Waals surface area contributed by atoms with Crippen molar-refractivity contribution in [3.63, 3.8) is 0 Å². The van der Waals surface area contributed by atoms with E-state index in [1.54, 1.807) is 0 Å². The Morgan fingerprint density at radius 3 is 2.38 bits per heavy atom. The van der Waals surface area contributed by atoms with Crippen molar-refractivity contribution in [2.75, 3.05) is 13.1 Å². The first kappa shape index (κ1) is 22.2. The highest BCUT2D eigenvalue weighted by Gasteiger charge is 2.27. The second-order valence-corrected chi connectivity index (χ2v) is 8.86. The number of hydrogen-bond acceptors (Lipinski definition) is 4. The first-order chi connectivity index (χ1) is 15.5. The fourth-order valence-corrected chi connectivity index (χ4v) is 4.27. The maximum absolute atomic E-state index is 12.1. The summed E-state index contributed by atoms with van der Waals surface area (Å²) in [4.78, 5) is 14.5. The van der Waals surface area contributed by atoms with Gasteiger partial charge in [-0.15, -0.1) is 10.2 Å². The number of benzene rings is 2. The number of hydrogen-bond donors (Lipinski definition) is 1. The van der Waals surface area contributed by atoms with Crippen molar-refractivity contribution in [3.8, 4) is 11.1 Å². The molecule has 1 unspecified atom stereocenters. The molecular formula is C26H33N5O. The van der Waals surface area contributed by atoms with Gasteiger partial charge in [-0.2, -0.15) is 0 Å². The second-order valence-electron chi connectivity index (χ2n) is 8.86. The summed E-state index contributed by atoms with van der Waals surface area (Å²) < 4.78 is 2.22. The predicted octanol–water partition coefficient (Wildman–Crippen LogP) is 4.23. The van der Waals surface area contributed by atoms with Crippen LogP contribution in [0.1, 0.15) is 50.4 Å². The van der Waals surface area contributed by atoms with E-state index in [-0.39, 0.29) is 17.9 Å². The van der Waals surface area contributed by atoms with Crippen LogP contribution in [0.25, 0.3) is 11.1 Å². The van der Waals surface area contributed by atoms with Crippen molar-refractivity contribution < 1.29 is 4.79 Å². The molecule has 2 aromatic carbocycles. The summed E-state index contributed by atoms with van der Waals surface area (Å²) in [6.45, 7) is 9.75. The lowest BCUT2D eigenvalue weighted by Crippen LogP contribution is -2.34. The number of rotatable bonds is 7. The van der Waals surface area contributed by atoms with Crippen LogP contribution in [0.3, 0.4) is 0 Å². The van der Waals surface area contributed by atoms with Crippen molar-refractivity contribution in [1.29, 1.82) is 0 Å². The Balaban J connectivity index is 1.43. The lowest BCUT2D eigenvalue weighted by molar-refractivity contribution is -0.121. The van der Waals surface area contributed by atoms with E-state index < -0.39 is 0 Å². The third-order valence-corrected chi connectivity index (χ3v) is 6.20. The average Bonchev–Trinajstić information content (AvgIpc) is 3.11. The first-order valence-corrected chi connectivity index (χ1v) is 11.6. The van der Waals surface area contributed by atoms with Crippen LogP contribution in [0.5, 0.6) is 0 Å². The Kier molecular flexibility index (Phi) is 7.00. The van der Waals surface area contributed by atoms with E-state index in [1.807, 2.05) is 13.0 Å². The zero-order chi connectivity index (χ0) is 22.5. The molecule has 0 bridgehead atoms. The molecule has 1 N–H and O–H groups in total. The molecule has 32 heavy (non-hydrogen) atoms. The summed E-state index contributed by atoms with van der Waals surface area (Å²) in [5.74, 6) is 2.20. The molecule has 0 saturated heterocycles. The van der Waals surface area contributed by atoms with Gasteiger partial charge in [-0.3, -0.25) is 9.69 Å². The van der Waals surface area contributed by atoms with Gasteiger partial charge in [0.15, 0.2) is 5.82 Å². The summed E-state index contributed by atoms with van der Waals surface area (Å²) in [5.41, 5.74) is 3.81. The van der Waals surface area contributed by atoms with Gasteiger partial charge in [0.2, 0.25) is 5.91 Å². The minimum Gasteiger partial charge on any atom is -0.346 e. The Morgan fingerprint density at radius 2 is 1.69 bits per heavy atom. The molecule has 6 heteroatoms. The molecule has 3 aromatic rings. The summed E-state index contributed by atoms with van der Waals surface area (Å²) in [5, 5.41) is 12.1. The molecule has 1 aromatic heterocycles. The second kappa shape index (κ2) is 10.1. The molecule has 0 saturated carbocycles. The number of amides is 1. The molecule has 0 radical (unpaired) electrons. The summed E-state index contributed by atoms with van der Waals surface area (Å²) in [6, 6.07) is 19.2. The predicted molar refractivity (Wildman–Crippen MR) is 127 cm³/mol. The standard InChI is InChI=1S/C26H33N5O/c1-4-24(32)27-25(19(2)3)26-29-28-23-14-15-30(16-17-31(23)26)18-20-10-12-22(13-11-20)21-8-6-5-7-9-21/h5-13,19,25H,4,14-18H2,1-3H3,(H,27,32). The molecule has 1 aliphatic heterocycles. The van der Waals surface area contributed by atoms with Crippen molar-refractivity contribution in [1.82, 2.24) is 25.0 Å². The number of nitrogens with zero attached hydrogens (tertiary/aromatic N) is 4. The van der Waals surface area contributed by atoms with E-state index in [1.165, 1.54) is 16.7 Å². The Labute approximate surface area is 190 Å². The lowest BCUT2D eigenvalue weighted by atomic mass is 10.0. The molecule has 4 rings (SSSR count). The summed E-state index contributed by atoms with van der Waals surface area (Å²) in [7, 11) is 0. The Bertz CT molecular complexity index is 1030. The number of carbonyl (C=O) groups is 1. The molecule has 0 fully saturated rings. The van der Waals surface area contributed by atoms with Gasteiger partial charge in [0.25, 0.3) is 0 Å². The molecule has 1 atom stereocenters. The van der Waals surface area contributed by atoms with Crippen LogP contribution in [0.2, 0.25) is 0 Å². The number of aromatic nitrogens is 3. The van der Waals surface area contributed by atoms with Gasteiger partial charge < -0.3 is 9.88 Å². The number of fused-ring (bicyclic) bond motifs is 1. The lowest BCUT2D eigenvalue weighted by Gasteiger charge is -2.23. The Hall–Kier alpha value is -2.99. The van der Waals surface area contributed by atoms with E-state index >= 15 is 0 Å². The van der Waals surface area contributed by atoms with Crippen LogP contribution in [-0.4, -0.2) is 38.7 Å². The minimum atomic E-state index is -0.110. The smallest absolute Gasteiger partial charge is 0.220 e. The third kappa shape index (κ3) is 5.07. The maximum Gasteiger partial charge on any atom is 0.220 e. The molecule has 0 aliphatic carbocycles. The van der Waals surface area contributed by atoms with Gasteiger partial charge in [0, 0.05) is 39.0 Å². The van der Waals surface area contributed by atoms with E-state index in [2.05, 4.69) is 87.4 Å². The van der Waals surface area contributed by atoms with Gasteiger partial charge >= 0.3 is 0 Å². The highest BCUT2D eigenvalue weighted by Crippen LogP contribution is 2.24. The zero-order valence-electron chi connectivity index (χ0n) is 19.3. The summed E-state index contributed by atoms with van der Waals surface area (Å²) >= 11 is 0. The fourth-order valence-electron chi connectivity index (χ4n) is 4.27. The largest absolute Gasteiger partial charge is 0.346 e. The van der Waals surface area contributed by atoms with E-state index in [0.29, 0.717) is 6.42 Å². The van der Waals surface area contributed by atoms with Gasteiger partial charge in [-0.25, -0.2) is 0 Å². The van der Waals surface area contributed by atoms with Crippen LogP contribution in [0.15, 0.2) is 54.6 Å². The molecule has 6 nitrogen and oxygen atoms in total. The molecular weight excluding hydrogens is 398 g/mol. The van der Waals surface area contributed by atoms with Crippen molar-refractivity contribution >= 4 is 5.91 Å². The van der Waals surface area contributed by atoms with Crippen molar-refractivity contribution in [2.24, 2.45) is 5.92 Å². The van der Waals surface area contributed by atoms with Crippen molar-refractivity contribution in [2.45, 2.75) is 52.7 Å². The normalized spacial score (nSPS) is 15.2. The highest BCUT2D eigenvalue weighted by molar-refractivity contribution is 5.75. The average molecular weight is 432 g/mol. The molecule has 1 aliphatic rings. The Morgan fingerprint density at radius 1 is 0.969 bits per heavy atom. The van der Waals surface area contributed by atoms with Gasteiger partial charge in [-0.05, 0) is 22.6 Å². The van der Waals surface area contributed by atoms with Crippen LogP contribution >= 0.6 is 0 Å². The topological polar surface area (TPSA) is 63.1 Å². The van der Waals surface area contributed by atoms with E-state index in [4.69, 9.17) is 0 Å². The number of nitrogens with one attached hydrogen (secondary N) is 1. The van der Waals surface area contributed by atoms with Crippen LogP contribution in [-0.2, 0) is 24.3 Å². The number of carbonyl (C=O) groups excluding carboxylic acids is 1. The monoisotopic (exact) mass is 431 g/mol. The third-order valence-electron chi connectivity index (χ3n) is 6.20. The highest BCUT2D eigenvalue weighted by atomic mass is 16.1. The van der Waals surface area contributed by atoms with Gasteiger partial charge in [0.1, 0.15) is 5.82 Å². The molecule has 2 heterocycles. The van der Waals surface area contributed by atoms with Crippen LogP contribution < -0.4 is 5.32 Å². The fraction of sp³-hybridized carbons (Fsp3) is 0.423. The zero-order valence-corrected chi connectivity index (χ0v) is 19.3. The van der Waals surface area contributed by atoms with Gasteiger partial charge in [-0.1, -0.05) is 75.4 Å². The van der Waals surface area contributed by atoms with Crippen LogP contribution in [0.4, 0.5) is 0 Å². The molecule has 0 spiro atoms. The summed E-state index contributed by atoms with van der Waals surface area (Å²) in [6.07, 6.45) is 1.34. The molecule has 1 amide bonds. The van der Waals surface area contributed by atoms with E-state index in [0.717, 1.165) is 44.2 Å². The quantitative estimate of drug-likeness (QED) is 0.608. The molecule has 168 valence electrons. The minimum absolute atomic E-state index is 0.0512. The maximum atomic E-state index is 12.1. The van der Waals surface area contributed by atoms with Crippen molar-refractivity contribution in [3.05, 3.63) is 71.8 Å².